The Hall–Kier alpha value is -2.36. The highest BCUT2D eigenvalue weighted by Crippen LogP contribution is 2.35. The average molecular weight is 279 g/mol. The van der Waals surface area contributed by atoms with Crippen LogP contribution in [0.4, 0.5) is 0 Å². The Balaban J connectivity index is 1.81. The van der Waals surface area contributed by atoms with Gasteiger partial charge in [-0.25, -0.2) is 9.97 Å². The van der Waals surface area contributed by atoms with Crippen LogP contribution in [0.3, 0.4) is 0 Å². The minimum absolute atomic E-state index is 0.732. The van der Waals surface area contributed by atoms with Gasteiger partial charge in [0.15, 0.2) is 0 Å². The lowest BCUT2D eigenvalue weighted by molar-refractivity contribution is 0.301. The number of aryl methyl sites for hydroxylation is 1. The Labute approximate surface area is 123 Å². The van der Waals surface area contributed by atoms with Crippen LogP contribution in [0.1, 0.15) is 18.4 Å². The third kappa shape index (κ3) is 2.37. The van der Waals surface area contributed by atoms with Crippen molar-refractivity contribution in [2.75, 3.05) is 6.61 Å². The van der Waals surface area contributed by atoms with E-state index >= 15 is 0 Å². The van der Waals surface area contributed by atoms with Crippen molar-refractivity contribution >= 4 is 11.0 Å². The van der Waals surface area contributed by atoms with Crippen molar-refractivity contribution in [1.82, 2.24) is 15.0 Å². The lowest BCUT2D eigenvalue weighted by Gasteiger charge is -2.12. The molecule has 0 saturated heterocycles. The largest absolute Gasteiger partial charge is 0.493 e. The lowest BCUT2D eigenvalue weighted by atomic mass is 10.1. The van der Waals surface area contributed by atoms with E-state index in [2.05, 4.69) is 34.0 Å². The smallest absolute Gasteiger partial charge is 0.128 e. The van der Waals surface area contributed by atoms with Gasteiger partial charge in [-0.3, -0.25) is 0 Å². The fourth-order valence-corrected chi connectivity index (χ4v) is 2.52. The van der Waals surface area contributed by atoms with Gasteiger partial charge >= 0.3 is 0 Å². The maximum atomic E-state index is 6.02. The van der Waals surface area contributed by atoms with Gasteiger partial charge in [-0.2, -0.15) is 0 Å². The van der Waals surface area contributed by atoms with Gasteiger partial charge in [0, 0.05) is 11.8 Å². The highest BCUT2D eigenvalue weighted by atomic mass is 16.5. The Bertz CT molecular complexity index is 790. The van der Waals surface area contributed by atoms with Crippen molar-refractivity contribution in [3.63, 3.8) is 0 Å². The first kappa shape index (κ1) is 12.4. The summed E-state index contributed by atoms with van der Waals surface area (Å²) in [5.74, 6) is 1.64. The van der Waals surface area contributed by atoms with Gasteiger partial charge in [0.05, 0.1) is 17.6 Å². The van der Waals surface area contributed by atoms with Gasteiger partial charge in [-0.1, -0.05) is 11.6 Å². The molecule has 2 heterocycles. The number of hydrogen-bond donors (Lipinski definition) is 1. The molecule has 1 aliphatic rings. The number of rotatable bonds is 4. The Morgan fingerprint density at radius 2 is 2.14 bits per heavy atom. The second kappa shape index (κ2) is 4.88. The van der Waals surface area contributed by atoms with Crippen LogP contribution in [0.2, 0.25) is 0 Å². The normalized spacial score (nSPS) is 14.5. The molecule has 1 saturated carbocycles. The van der Waals surface area contributed by atoms with Gasteiger partial charge in [0.1, 0.15) is 17.8 Å². The van der Waals surface area contributed by atoms with E-state index in [1.54, 1.807) is 6.33 Å². The summed E-state index contributed by atoms with van der Waals surface area (Å²) in [6, 6.07) is 8.22. The van der Waals surface area contributed by atoms with Gasteiger partial charge in [0.25, 0.3) is 0 Å². The van der Waals surface area contributed by atoms with E-state index in [1.807, 2.05) is 18.3 Å². The fourth-order valence-electron chi connectivity index (χ4n) is 2.52. The van der Waals surface area contributed by atoms with E-state index < -0.39 is 0 Å². The van der Waals surface area contributed by atoms with E-state index in [0.717, 1.165) is 40.6 Å². The van der Waals surface area contributed by atoms with Crippen molar-refractivity contribution in [2.24, 2.45) is 5.92 Å². The summed E-state index contributed by atoms with van der Waals surface area (Å²) in [6.07, 6.45) is 6.08. The number of nitrogens with zero attached hydrogens (tertiary/aromatic N) is 2. The van der Waals surface area contributed by atoms with Crippen molar-refractivity contribution in [2.45, 2.75) is 19.8 Å². The summed E-state index contributed by atoms with van der Waals surface area (Å²) in [5.41, 5.74) is 5.01. The summed E-state index contributed by atoms with van der Waals surface area (Å²) in [7, 11) is 0. The molecule has 0 spiro atoms. The zero-order valence-electron chi connectivity index (χ0n) is 12.0. The molecule has 1 fully saturated rings. The van der Waals surface area contributed by atoms with Crippen LogP contribution in [-0.4, -0.2) is 21.6 Å². The van der Waals surface area contributed by atoms with Gasteiger partial charge in [0.2, 0.25) is 0 Å². The molecule has 21 heavy (non-hydrogen) atoms. The maximum Gasteiger partial charge on any atom is 0.128 e. The van der Waals surface area contributed by atoms with Crippen LogP contribution in [0.5, 0.6) is 5.75 Å². The van der Waals surface area contributed by atoms with Crippen LogP contribution in [0.25, 0.3) is 22.3 Å². The molecule has 1 N–H and O–H groups in total. The number of aromatic nitrogens is 3. The highest BCUT2D eigenvalue weighted by Gasteiger charge is 2.23. The van der Waals surface area contributed by atoms with Crippen molar-refractivity contribution in [3.05, 3.63) is 42.4 Å². The Morgan fingerprint density at radius 1 is 1.24 bits per heavy atom. The van der Waals surface area contributed by atoms with Crippen LogP contribution in [-0.2, 0) is 0 Å². The van der Waals surface area contributed by atoms with Crippen molar-refractivity contribution in [3.8, 4) is 17.0 Å². The van der Waals surface area contributed by atoms with Crippen LogP contribution < -0.4 is 4.74 Å². The number of fused-ring (bicyclic) bond motifs is 1. The van der Waals surface area contributed by atoms with E-state index in [1.165, 1.54) is 18.4 Å². The summed E-state index contributed by atoms with van der Waals surface area (Å²) >= 11 is 0. The molecule has 106 valence electrons. The lowest BCUT2D eigenvalue weighted by Crippen LogP contribution is -2.01. The minimum atomic E-state index is 0.732. The van der Waals surface area contributed by atoms with Crippen LogP contribution >= 0.6 is 0 Å². The molecule has 4 heteroatoms. The molecular weight excluding hydrogens is 262 g/mol. The van der Waals surface area contributed by atoms with Gasteiger partial charge in [-0.15, -0.1) is 0 Å². The zero-order valence-corrected chi connectivity index (χ0v) is 12.0. The molecule has 4 rings (SSSR count). The van der Waals surface area contributed by atoms with Gasteiger partial charge in [-0.05, 0) is 43.9 Å². The van der Waals surface area contributed by atoms with Gasteiger partial charge < -0.3 is 9.72 Å². The predicted molar refractivity (Wildman–Crippen MR) is 82.3 cm³/mol. The van der Waals surface area contributed by atoms with Crippen molar-refractivity contribution in [1.29, 1.82) is 0 Å². The maximum absolute atomic E-state index is 6.02. The third-order valence-corrected chi connectivity index (χ3v) is 3.91. The summed E-state index contributed by atoms with van der Waals surface area (Å²) in [4.78, 5) is 12.0. The molecule has 0 amide bonds. The molecule has 3 aromatic rings. The Morgan fingerprint density at radius 3 is 3.00 bits per heavy atom. The molecule has 4 nitrogen and oxygen atoms in total. The minimum Gasteiger partial charge on any atom is -0.493 e. The molecule has 0 atom stereocenters. The summed E-state index contributed by atoms with van der Waals surface area (Å²) < 4.78 is 6.02. The number of hydrogen-bond acceptors (Lipinski definition) is 3. The van der Waals surface area contributed by atoms with E-state index in [-0.39, 0.29) is 0 Å². The molecule has 1 aromatic carbocycles. The van der Waals surface area contributed by atoms with E-state index in [0.29, 0.717) is 0 Å². The number of nitrogens with one attached hydrogen (secondary N) is 1. The average Bonchev–Trinajstić information content (AvgIpc) is 3.20. The standard InChI is InChI=1S/C17H17N3O/c1-11-2-5-15(21-9-12-3-4-12)13(8-11)16-17-14(6-7-18-17)19-10-20-16/h2,5-8,10,12,18H,3-4,9H2,1H3. The first-order valence-electron chi connectivity index (χ1n) is 7.33. The highest BCUT2D eigenvalue weighted by molar-refractivity contribution is 5.91. The van der Waals surface area contributed by atoms with Crippen LogP contribution in [0, 0.1) is 12.8 Å². The number of aromatic amines is 1. The predicted octanol–water partition coefficient (Wildman–Crippen LogP) is 3.72. The number of benzene rings is 1. The van der Waals surface area contributed by atoms with E-state index in [9.17, 15) is 0 Å². The molecule has 2 aromatic heterocycles. The van der Waals surface area contributed by atoms with Crippen molar-refractivity contribution < 1.29 is 4.74 Å². The third-order valence-electron chi connectivity index (χ3n) is 3.91. The quantitative estimate of drug-likeness (QED) is 0.791. The molecular formula is C17H17N3O. The second-order valence-corrected chi connectivity index (χ2v) is 5.71. The molecule has 0 bridgehead atoms. The molecule has 0 radical (unpaired) electrons. The fraction of sp³-hybridized carbons (Fsp3) is 0.294. The SMILES string of the molecule is Cc1ccc(OCC2CC2)c(-c2ncnc3cc[nH]c23)c1. The van der Waals surface area contributed by atoms with Crippen LogP contribution in [0.15, 0.2) is 36.8 Å². The van der Waals surface area contributed by atoms with E-state index in [4.69, 9.17) is 4.74 Å². The zero-order chi connectivity index (χ0) is 14.2. The first-order chi connectivity index (χ1) is 10.3. The molecule has 0 aliphatic heterocycles. The topological polar surface area (TPSA) is 50.8 Å². The summed E-state index contributed by atoms with van der Waals surface area (Å²) in [5, 5.41) is 0. The number of H-pyrrole nitrogens is 1. The first-order valence-corrected chi connectivity index (χ1v) is 7.33. The Kier molecular flexibility index (Phi) is 2.88. The number of ether oxygens (including phenoxy) is 1. The second-order valence-electron chi connectivity index (χ2n) is 5.71. The summed E-state index contributed by atoms with van der Waals surface area (Å²) in [6.45, 7) is 2.89. The molecule has 0 unspecified atom stereocenters. The molecule has 1 aliphatic carbocycles. The monoisotopic (exact) mass is 279 g/mol.